The maximum atomic E-state index is 12.3. The van der Waals surface area contributed by atoms with Gasteiger partial charge >= 0.3 is 6.18 Å². The van der Waals surface area contributed by atoms with Crippen LogP contribution in [-0.2, 0) is 11.3 Å². The maximum Gasteiger partial charge on any atom is 0.422 e. The van der Waals surface area contributed by atoms with Gasteiger partial charge in [0.05, 0.1) is 0 Å². The van der Waals surface area contributed by atoms with Crippen LogP contribution in [0, 0.1) is 5.41 Å². The smallest absolute Gasteiger partial charge is 0.422 e. The van der Waals surface area contributed by atoms with Crippen molar-refractivity contribution in [3.8, 4) is 5.88 Å². The van der Waals surface area contributed by atoms with Gasteiger partial charge in [-0.2, -0.15) is 13.2 Å². The second-order valence-corrected chi connectivity index (χ2v) is 6.59. The van der Waals surface area contributed by atoms with E-state index in [1.807, 2.05) is 0 Å². The quantitative estimate of drug-likeness (QED) is 0.688. The minimum Gasteiger partial charge on any atom is -0.468 e. The van der Waals surface area contributed by atoms with Crippen LogP contribution in [0.1, 0.15) is 44.1 Å². The molecule has 1 saturated carbocycles. The van der Waals surface area contributed by atoms with Crippen molar-refractivity contribution in [2.24, 2.45) is 11.1 Å². The Kier molecular flexibility index (Phi) is 11.0. The van der Waals surface area contributed by atoms with E-state index in [0.29, 0.717) is 18.5 Å². The summed E-state index contributed by atoms with van der Waals surface area (Å²) in [5.74, 6) is -0.274. The molecule has 0 bridgehead atoms. The molecule has 1 aliphatic carbocycles. The first-order chi connectivity index (χ1) is 11.8. The normalized spacial score (nSPS) is 15.9. The number of carbonyl (C=O) groups is 1. The molecular formula is C17H26Cl2F3N3O2. The number of carbonyl (C=O) groups excluding carboxylic acids is 1. The number of nitrogens with zero attached hydrogens (tertiary/aromatic N) is 1. The molecule has 0 radical (unpaired) electrons. The van der Waals surface area contributed by atoms with E-state index in [0.717, 1.165) is 25.7 Å². The third kappa shape index (κ3) is 8.53. The van der Waals surface area contributed by atoms with Crippen LogP contribution >= 0.6 is 24.8 Å². The number of amides is 1. The highest BCUT2D eigenvalue weighted by atomic mass is 35.5. The molecule has 0 unspecified atom stereocenters. The molecule has 0 spiro atoms. The Morgan fingerprint density at radius 2 is 1.93 bits per heavy atom. The summed E-state index contributed by atoms with van der Waals surface area (Å²) in [6.07, 6.45) is 2.43. The van der Waals surface area contributed by atoms with Gasteiger partial charge in [-0.1, -0.05) is 25.3 Å². The number of nitrogens with one attached hydrogen (secondary N) is 1. The SMILES string of the molecule is Cl.Cl.NCC1(CC(=O)NCc2cccnc2OCC(F)(F)F)CCCCC1. The molecule has 5 nitrogen and oxygen atoms in total. The lowest BCUT2D eigenvalue weighted by molar-refractivity contribution is -0.154. The van der Waals surface area contributed by atoms with Crippen molar-refractivity contribution in [2.75, 3.05) is 13.2 Å². The van der Waals surface area contributed by atoms with Crippen LogP contribution in [0.3, 0.4) is 0 Å². The highest BCUT2D eigenvalue weighted by Crippen LogP contribution is 2.38. The summed E-state index contributed by atoms with van der Waals surface area (Å²) < 4.78 is 41.6. The van der Waals surface area contributed by atoms with Gasteiger partial charge in [0.2, 0.25) is 11.8 Å². The second-order valence-electron chi connectivity index (χ2n) is 6.59. The number of hydrogen-bond donors (Lipinski definition) is 2. The summed E-state index contributed by atoms with van der Waals surface area (Å²) in [6, 6.07) is 3.17. The number of hydrogen-bond acceptors (Lipinski definition) is 4. The van der Waals surface area contributed by atoms with Crippen molar-refractivity contribution in [2.45, 2.75) is 51.2 Å². The summed E-state index contributed by atoms with van der Waals surface area (Å²) >= 11 is 0. The number of nitrogens with two attached hydrogens (primary N) is 1. The predicted octanol–water partition coefficient (Wildman–Crippen LogP) is 3.78. The van der Waals surface area contributed by atoms with Crippen molar-refractivity contribution in [3.05, 3.63) is 23.9 Å². The lowest BCUT2D eigenvalue weighted by Crippen LogP contribution is -2.38. The largest absolute Gasteiger partial charge is 0.468 e. The zero-order valence-corrected chi connectivity index (χ0v) is 16.5. The van der Waals surface area contributed by atoms with E-state index < -0.39 is 12.8 Å². The highest BCUT2D eigenvalue weighted by Gasteiger charge is 2.33. The fraction of sp³-hybridized carbons (Fsp3) is 0.647. The van der Waals surface area contributed by atoms with Crippen LogP contribution in [0.5, 0.6) is 5.88 Å². The van der Waals surface area contributed by atoms with E-state index >= 15 is 0 Å². The highest BCUT2D eigenvalue weighted by molar-refractivity contribution is 5.85. The van der Waals surface area contributed by atoms with Gasteiger partial charge in [-0.3, -0.25) is 4.79 Å². The molecule has 3 N–H and O–H groups in total. The molecule has 1 aromatic heterocycles. The Labute approximate surface area is 169 Å². The molecule has 1 aromatic rings. The Bertz CT molecular complexity index is 583. The monoisotopic (exact) mass is 431 g/mol. The average Bonchev–Trinajstić information content (AvgIpc) is 2.59. The van der Waals surface area contributed by atoms with E-state index in [-0.39, 0.29) is 48.6 Å². The number of ether oxygens (including phenoxy) is 1. The Morgan fingerprint density at radius 3 is 2.52 bits per heavy atom. The molecule has 1 amide bonds. The minimum atomic E-state index is -4.44. The first-order valence-electron chi connectivity index (χ1n) is 8.44. The fourth-order valence-electron chi connectivity index (χ4n) is 3.19. The number of pyridine rings is 1. The molecule has 10 heteroatoms. The van der Waals surface area contributed by atoms with Gasteiger partial charge in [-0.15, -0.1) is 24.8 Å². The van der Waals surface area contributed by atoms with E-state index in [4.69, 9.17) is 10.5 Å². The lowest BCUT2D eigenvalue weighted by atomic mass is 9.71. The van der Waals surface area contributed by atoms with E-state index in [2.05, 4.69) is 10.3 Å². The first-order valence-corrected chi connectivity index (χ1v) is 8.44. The molecule has 0 aromatic carbocycles. The first kappa shape index (κ1) is 25.8. The van der Waals surface area contributed by atoms with Gasteiger partial charge in [0, 0.05) is 24.7 Å². The number of halogens is 5. The molecule has 1 fully saturated rings. The van der Waals surface area contributed by atoms with Crippen molar-refractivity contribution in [1.29, 1.82) is 0 Å². The zero-order chi connectivity index (χ0) is 18.3. The second kappa shape index (κ2) is 11.6. The molecule has 1 aliphatic rings. The molecule has 2 rings (SSSR count). The molecule has 0 aliphatic heterocycles. The maximum absolute atomic E-state index is 12.3. The van der Waals surface area contributed by atoms with Gasteiger partial charge in [0.1, 0.15) is 0 Å². The molecule has 0 saturated heterocycles. The van der Waals surface area contributed by atoms with Crippen LogP contribution in [-0.4, -0.2) is 30.2 Å². The number of rotatable bonds is 7. The fourth-order valence-corrected chi connectivity index (χ4v) is 3.19. The summed E-state index contributed by atoms with van der Waals surface area (Å²) in [6.45, 7) is -0.880. The summed E-state index contributed by atoms with van der Waals surface area (Å²) in [5, 5.41) is 2.75. The molecule has 0 atom stereocenters. The predicted molar refractivity (Wildman–Crippen MR) is 101 cm³/mol. The van der Waals surface area contributed by atoms with E-state index in [1.54, 1.807) is 12.1 Å². The topological polar surface area (TPSA) is 77.2 Å². The van der Waals surface area contributed by atoms with Gasteiger partial charge in [-0.25, -0.2) is 4.98 Å². The Morgan fingerprint density at radius 1 is 1.26 bits per heavy atom. The summed E-state index contributed by atoms with van der Waals surface area (Å²) in [4.78, 5) is 16.1. The Balaban J connectivity index is 0.00000338. The van der Waals surface area contributed by atoms with Crippen LogP contribution < -0.4 is 15.8 Å². The van der Waals surface area contributed by atoms with Crippen LogP contribution in [0.2, 0.25) is 0 Å². The summed E-state index contributed by atoms with van der Waals surface area (Å²) in [5.41, 5.74) is 6.13. The summed E-state index contributed by atoms with van der Waals surface area (Å²) in [7, 11) is 0. The van der Waals surface area contributed by atoms with Crippen LogP contribution in [0.15, 0.2) is 18.3 Å². The lowest BCUT2D eigenvalue weighted by Gasteiger charge is -2.35. The van der Waals surface area contributed by atoms with Gasteiger partial charge < -0.3 is 15.8 Å². The van der Waals surface area contributed by atoms with Crippen molar-refractivity contribution >= 4 is 30.7 Å². The molecule has 27 heavy (non-hydrogen) atoms. The number of aromatic nitrogens is 1. The third-order valence-electron chi connectivity index (χ3n) is 4.58. The van der Waals surface area contributed by atoms with Gasteiger partial charge in [0.15, 0.2) is 6.61 Å². The zero-order valence-electron chi connectivity index (χ0n) is 14.9. The van der Waals surface area contributed by atoms with Gasteiger partial charge in [0.25, 0.3) is 0 Å². The van der Waals surface area contributed by atoms with Crippen LogP contribution in [0.25, 0.3) is 0 Å². The number of alkyl halides is 3. The average molecular weight is 432 g/mol. The Hall–Kier alpha value is -1.25. The third-order valence-corrected chi connectivity index (χ3v) is 4.58. The van der Waals surface area contributed by atoms with E-state index in [9.17, 15) is 18.0 Å². The van der Waals surface area contributed by atoms with E-state index in [1.165, 1.54) is 12.6 Å². The van der Waals surface area contributed by atoms with Crippen molar-refractivity contribution < 1.29 is 22.7 Å². The molecule has 1 heterocycles. The van der Waals surface area contributed by atoms with Crippen molar-refractivity contribution in [3.63, 3.8) is 0 Å². The minimum absolute atomic E-state index is 0. The molecular weight excluding hydrogens is 406 g/mol. The molecule has 156 valence electrons. The van der Waals surface area contributed by atoms with Gasteiger partial charge in [-0.05, 0) is 30.9 Å². The van der Waals surface area contributed by atoms with Crippen LogP contribution in [0.4, 0.5) is 13.2 Å². The standard InChI is InChI=1S/C17H24F3N3O2.2ClH/c18-17(19,20)12-25-15-13(5-4-8-22-15)10-23-14(24)9-16(11-21)6-2-1-3-7-16;;/h4-5,8H,1-3,6-7,9-12,21H2,(H,23,24);2*1H. The van der Waals surface area contributed by atoms with Crippen molar-refractivity contribution in [1.82, 2.24) is 10.3 Å².